The Morgan fingerprint density at radius 2 is 1.42 bits per heavy atom. The minimum Gasteiger partial charge on any atom is -0.270 e. The van der Waals surface area contributed by atoms with Crippen LogP contribution in [0.4, 0.5) is 0 Å². The fourth-order valence-electron chi connectivity index (χ4n) is 1.78. The molecule has 0 atom stereocenters. The first-order valence-electron chi connectivity index (χ1n) is 6.91. The number of nitrogens with zero attached hydrogens (tertiary/aromatic N) is 3. The Kier molecular flexibility index (Phi) is 11.8. The van der Waals surface area contributed by atoms with Crippen LogP contribution in [0.1, 0.15) is 57.8 Å². The summed E-state index contributed by atoms with van der Waals surface area (Å²) in [6.07, 6.45) is 11.0. The van der Waals surface area contributed by atoms with Crippen LogP contribution < -0.4 is 0 Å². The maximum Gasteiger partial charge on any atom is 0.264 e. The summed E-state index contributed by atoms with van der Waals surface area (Å²) in [7, 11) is -3.27. The van der Waals surface area contributed by atoms with E-state index in [1.165, 1.54) is 25.7 Å². The van der Waals surface area contributed by atoms with E-state index in [9.17, 15) is 8.42 Å². The predicted molar refractivity (Wildman–Crippen MR) is 76.4 cm³/mol. The molecule has 0 heterocycles. The zero-order chi connectivity index (χ0) is 14.4. The quantitative estimate of drug-likeness (QED) is 0.170. The number of hydrogen-bond donors (Lipinski definition) is 0. The highest BCUT2D eigenvalue weighted by molar-refractivity contribution is 7.85. The highest BCUT2D eigenvalue weighted by atomic mass is 32.2. The minimum atomic E-state index is -3.27. The number of rotatable bonds is 13. The van der Waals surface area contributed by atoms with E-state index in [0.29, 0.717) is 13.2 Å². The molecule has 0 saturated carbocycles. The Bertz CT molecular complexity index is 351. The van der Waals surface area contributed by atoms with Crippen LogP contribution in [-0.4, -0.2) is 27.8 Å². The van der Waals surface area contributed by atoms with Gasteiger partial charge in [0.2, 0.25) is 0 Å². The lowest BCUT2D eigenvalue weighted by Gasteiger charge is -2.02. The van der Waals surface area contributed by atoms with Crippen molar-refractivity contribution in [2.45, 2.75) is 57.8 Å². The average Bonchev–Trinajstić information content (AvgIpc) is 2.34. The Labute approximate surface area is 116 Å². The summed E-state index contributed by atoms with van der Waals surface area (Å²) < 4.78 is 26.0. The molecule has 6 nitrogen and oxygen atoms in total. The third kappa shape index (κ3) is 17.2. The van der Waals surface area contributed by atoms with E-state index in [1.807, 2.05) is 0 Å². The first-order valence-corrected chi connectivity index (χ1v) is 8.73. The van der Waals surface area contributed by atoms with Crippen LogP contribution in [-0.2, 0) is 14.3 Å². The summed E-state index contributed by atoms with van der Waals surface area (Å²) in [5.74, 6) is 0. The maximum atomic E-state index is 10.7. The number of azide groups is 1. The van der Waals surface area contributed by atoms with Crippen molar-refractivity contribution >= 4 is 10.1 Å². The Hall–Kier alpha value is -0.780. The van der Waals surface area contributed by atoms with Crippen molar-refractivity contribution < 1.29 is 12.6 Å². The Morgan fingerprint density at radius 1 is 0.947 bits per heavy atom. The van der Waals surface area contributed by atoms with E-state index in [4.69, 9.17) is 5.53 Å². The van der Waals surface area contributed by atoms with Crippen LogP contribution in [0.2, 0.25) is 0 Å². The van der Waals surface area contributed by atoms with Gasteiger partial charge in [-0.1, -0.05) is 50.1 Å². The summed E-state index contributed by atoms with van der Waals surface area (Å²) in [4.78, 5) is 2.71. The minimum absolute atomic E-state index is 0.304. The third-order valence-corrected chi connectivity index (χ3v) is 3.36. The van der Waals surface area contributed by atoms with Crippen LogP contribution in [0.15, 0.2) is 5.11 Å². The molecule has 0 bridgehead atoms. The highest BCUT2D eigenvalue weighted by Crippen LogP contribution is 2.10. The fraction of sp³-hybridized carbons (Fsp3) is 1.00. The van der Waals surface area contributed by atoms with E-state index in [2.05, 4.69) is 14.2 Å². The van der Waals surface area contributed by atoms with E-state index in [-0.39, 0.29) is 0 Å². The molecule has 0 fully saturated rings. The van der Waals surface area contributed by atoms with Crippen LogP contribution in [0.25, 0.3) is 10.4 Å². The molecule has 0 amide bonds. The molecule has 0 N–H and O–H groups in total. The smallest absolute Gasteiger partial charge is 0.264 e. The van der Waals surface area contributed by atoms with Gasteiger partial charge in [0.25, 0.3) is 10.1 Å². The first kappa shape index (κ1) is 18.2. The van der Waals surface area contributed by atoms with Gasteiger partial charge in [0, 0.05) is 11.5 Å². The van der Waals surface area contributed by atoms with E-state index in [1.54, 1.807) is 0 Å². The SMILES string of the molecule is CS(=O)(=O)OCCCCCCCCCCCN=[N+]=[N-]. The molecule has 0 saturated heterocycles. The van der Waals surface area contributed by atoms with Crippen molar-refractivity contribution in [3.8, 4) is 0 Å². The van der Waals surface area contributed by atoms with E-state index < -0.39 is 10.1 Å². The summed E-state index contributed by atoms with van der Waals surface area (Å²) in [5, 5.41) is 3.49. The lowest BCUT2D eigenvalue weighted by atomic mass is 10.1. The second kappa shape index (κ2) is 12.3. The molecule has 0 aromatic rings. The second-order valence-electron chi connectivity index (χ2n) is 4.66. The van der Waals surface area contributed by atoms with Crippen molar-refractivity contribution in [1.82, 2.24) is 0 Å². The topological polar surface area (TPSA) is 92.1 Å². The monoisotopic (exact) mass is 291 g/mol. The summed E-state index contributed by atoms with van der Waals surface area (Å²) in [6, 6.07) is 0. The normalized spacial score (nSPS) is 11.2. The second-order valence-corrected chi connectivity index (χ2v) is 6.31. The standard InChI is InChI=1S/C12H25N3O3S/c1-19(16,17)18-12-10-8-6-4-2-3-5-7-9-11-14-15-13/h2-12H2,1H3. The van der Waals surface area contributed by atoms with Gasteiger partial charge in [0.1, 0.15) is 0 Å². The largest absolute Gasteiger partial charge is 0.270 e. The Balaban J connectivity index is 3.09. The fourth-order valence-corrected chi connectivity index (χ4v) is 2.20. The van der Waals surface area contributed by atoms with Crippen LogP contribution >= 0.6 is 0 Å². The van der Waals surface area contributed by atoms with E-state index >= 15 is 0 Å². The van der Waals surface area contributed by atoms with Gasteiger partial charge >= 0.3 is 0 Å². The van der Waals surface area contributed by atoms with Gasteiger partial charge in [-0.2, -0.15) is 8.42 Å². The molecule has 7 heteroatoms. The molecule has 0 aliphatic heterocycles. The molecule has 0 spiro atoms. The predicted octanol–water partition coefficient (Wildman–Crippen LogP) is 3.78. The molecular weight excluding hydrogens is 266 g/mol. The van der Waals surface area contributed by atoms with Crippen molar-refractivity contribution in [1.29, 1.82) is 0 Å². The molecular formula is C12H25N3O3S. The van der Waals surface area contributed by atoms with Crippen molar-refractivity contribution in [3.05, 3.63) is 10.4 Å². The number of hydrogen-bond acceptors (Lipinski definition) is 4. The zero-order valence-electron chi connectivity index (χ0n) is 11.8. The molecule has 112 valence electrons. The van der Waals surface area contributed by atoms with Crippen LogP contribution in [0, 0.1) is 0 Å². The van der Waals surface area contributed by atoms with Crippen molar-refractivity contribution in [3.63, 3.8) is 0 Å². The van der Waals surface area contributed by atoms with Crippen LogP contribution in [0.5, 0.6) is 0 Å². The number of unbranched alkanes of at least 4 members (excludes halogenated alkanes) is 8. The van der Waals surface area contributed by atoms with Gasteiger partial charge in [0.15, 0.2) is 0 Å². The third-order valence-electron chi connectivity index (χ3n) is 2.76. The van der Waals surface area contributed by atoms with Crippen LogP contribution in [0.3, 0.4) is 0 Å². The van der Waals surface area contributed by atoms with Gasteiger partial charge in [-0.3, -0.25) is 4.18 Å². The van der Waals surface area contributed by atoms with Gasteiger partial charge in [-0.25, -0.2) is 0 Å². The highest BCUT2D eigenvalue weighted by Gasteiger charge is 2.00. The van der Waals surface area contributed by atoms with Gasteiger partial charge in [-0.05, 0) is 18.4 Å². The first-order chi connectivity index (χ1) is 9.06. The lowest BCUT2D eigenvalue weighted by Crippen LogP contribution is -2.03. The van der Waals surface area contributed by atoms with Crippen molar-refractivity contribution in [2.24, 2.45) is 5.11 Å². The molecule has 19 heavy (non-hydrogen) atoms. The molecule has 0 rings (SSSR count). The Morgan fingerprint density at radius 3 is 1.89 bits per heavy atom. The molecule has 0 radical (unpaired) electrons. The van der Waals surface area contributed by atoms with Gasteiger partial charge in [0.05, 0.1) is 12.9 Å². The molecule has 0 unspecified atom stereocenters. The lowest BCUT2D eigenvalue weighted by molar-refractivity contribution is 0.309. The van der Waals surface area contributed by atoms with E-state index in [0.717, 1.165) is 38.4 Å². The molecule has 0 aliphatic carbocycles. The summed E-state index contributed by atoms with van der Waals surface area (Å²) >= 11 is 0. The summed E-state index contributed by atoms with van der Waals surface area (Å²) in [6.45, 7) is 0.912. The summed E-state index contributed by atoms with van der Waals surface area (Å²) in [5.41, 5.74) is 8.09. The zero-order valence-corrected chi connectivity index (χ0v) is 12.6. The molecule has 0 aromatic heterocycles. The van der Waals surface area contributed by atoms with Gasteiger partial charge < -0.3 is 0 Å². The van der Waals surface area contributed by atoms with Crippen molar-refractivity contribution in [2.75, 3.05) is 19.4 Å². The maximum absolute atomic E-state index is 10.7. The average molecular weight is 291 g/mol. The molecule has 0 aliphatic rings. The van der Waals surface area contributed by atoms with Gasteiger partial charge in [-0.15, -0.1) is 0 Å². The molecule has 0 aromatic carbocycles.